The fourth-order valence-corrected chi connectivity index (χ4v) is 6.35. The summed E-state index contributed by atoms with van der Waals surface area (Å²) in [5.41, 5.74) is 9.10. The minimum atomic E-state index is -0.254. The molecule has 0 spiro atoms. The van der Waals surface area contributed by atoms with Crippen LogP contribution in [0, 0.1) is 11.3 Å². The summed E-state index contributed by atoms with van der Waals surface area (Å²) >= 11 is 0. The number of aliphatic hydroxyl groups excluding tert-OH is 1. The number of nitriles is 1. The van der Waals surface area contributed by atoms with Crippen LogP contribution >= 0.6 is 0 Å². The lowest BCUT2D eigenvalue weighted by Crippen LogP contribution is -2.47. The average Bonchev–Trinajstić information content (AvgIpc) is 3.28. The highest BCUT2D eigenvalue weighted by molar-refractivity contribution is 6.33. The lowest BCUT2D eigenvalue weighted by molar-refractivity contribution is 0.105. The number of hydrogen-bond acceptors (Lipinski definition) is 5. The average molecular weight is 484 g/mol. The highest BCUT2D eigenvalue weighted by Crippen LogP contribution is 2.51. The van der Waals surface area contributed by atoms with Gasteiger partial charge in [0.05, 0.1) is 11.6 Å². The van der Waals surface area contributed by atoms with Gasteiger partial charge in [-0.15, -0.1) is 0 Å². The Hall–Kier alpha value is -2.94. The molecule has 2 aromatic carbocycles. The number of ketones is 1. The van der Waals surface area contributed by atoms with Gasteiger partial charge in [0.1, 0.15) is 0 Å². The Labute approximate surface area is 215 Å². The number of aliphatic hydroxyl groups is 1. The number of carbonyl (C=O) groups is 1. The Morgan fingerprint density at radius 3 is 2.53 bits per heavy atom. The van der Waals surface area contributed by atoms with E-state index in [1.54, 1.807) is 0 Å². The molecule has 2 aliphatic carbocycles. The van der Waals surface area contributed by atoms with Crippen LogP contribution in [0.5, 0.6) is 0 Å². The molecule has 1 fully saturated rings. The van der Waals surface area contributed by atoms with Crippen molar-refractivity contribution in [1.29, 1.82) is 5.26 Å². The molecule has 5 nitrogen and oxygen atoms in total. The van der Waals surface area contributed by atoms with Crippen LogP contribution in [0.15, 0.2) is 35.9 Å². The molecule has 1 saturated heterocycles. The minimum absolute atomic E-state index is 0.139. The highest BCUT2D eigenvalue weighted by atomic mass is 16.2. The van der Waals surface area contributed by atoms with Crippen molar-refractivity contribution in [3.05, 3.63) is 69.3 Å². The van der Waals surface area contributed by atoms with Crippen molar-refractivity contribution in [3.8, 4) is 6.07 Å². The lowest BCUT2D eigenvalue weighted by Gasteiger charge is -2.40. The van der Waals surface area contributed by atoms with Gasteiger partial charge in [0.15, 0.2) is 5.78 Å². The van der Waals surface area contributed by atoms with E-state index < -0.39 is 0 Å². The van der Waals surface area contributed by atoms with Crippen LogP contribution in [0.25, 0.3) is 5.57 Å². The Morgan fingerprint density at radius 1 is 1.06 bits per heavy atom. The van der Waals surface area contributed by atoms with Crippen LogP contribution in [-0.4, -0.2) is 55.1 Å². The maximum Gasteiger partial charge on any atom is 0.193 e. The normalized spacial score (nSPS) is 18.6. The summed E-state index contributed by atoms with van der Waals surface area (Å²) in [5, 5.41) is 18.5. The van der Waals surface area contributed by atoms with Crippen molar-refractivity contribution < 1.29 is 9.90 Å². The van der Waals surface area contributed by atoms with Crippen LogP contribution in [-0.2, 0) is 18.3 Å². The summed E-state index contributed by atoms with van der Waals surface area (Å²) in [4.78, 5) is 19.0. The molecule has 0 radical (unpaired) electrons. The van der Waals surface area contributed by atoms with Crippen molar-refractivity contribution in [2.45, 2.75) is 58.3 Å². The first-order chi connectivity index (χ1) is 17.4. The molecule has 0 aromatic heterocycles. The number of allylic oxidation sites excluding steroid dienone is 2. The van der Waals surface area contributed by atoms with Gasteiger partial charge in [0.2, 0.25) is 0 Å². The third-order valence-electron chi connectivity index (χ3n) is 8.41. The number of carbonyl (C=O) groups excluding carboxylic acids is 1. The number of unbranched alkanes of at least 4 members (excludes halogenated alkanes) is 1. The van der Waals surface area contributed by atoms with Crippen molar-refractivity contribution in [2.24, 2.45) is 0 Å². The van der Waals surface area contributed by atoms with Crippen molar-refractivity contribution in [2.75, 3.05) is 44.2 Å². The zero-order valence-electron chi connectivity index (χ0n) is 21.9. The van der Waals surface area contributed by atoms with Crippen molar-refractivity contribution in [3.63, 3.8) is 0 Å². The molecule has 0 bridgehead atoms. The molecule has 1 aliphatic heterocycles. The molecule has 3 aliphatic rings. The Morgan fingerprint density at radius 2 is 1.83 bits per heavy atom. The molecule has 0 atom stereocenters. The molecular weight excluding hydrogens is 446 g/mol. The highest BCUT2D eigenvalue weighted by Gasteiger charge is 2.43. The molecular formula is C31H37N3O2. The molecule has 1 N–H and O–H groups in total. The van der Waals surface area contributed by atoms with Gasteiger partial charge in [-0.3, -0.25) is 9.69 Å². The standard InChI is InChI=1S/C31H37N3O2/c1-4-7-22-17-25-26(19-28(22)34-13-11-33(12-14-34)10-5-6-15-35)31(2,3)27-18-23-16-21(20-32)8-9-24(23)29(27)30(25)36/h8-9,16-17,19,35H,4-7,10-15,18H2,1-3H3. The number of benzene rings is 2. The van der Waals surface area contributed by atoms with Gasteiger partial charge in [0.25, 0.3) is 0 Å². The van der Waals surface area contributed by atoms with Gasteiger partial charge in [-0.05, 0) is 84.3 Å². The van der Waals surface area contributed by atoms with Crippen LogP contribution in [0.1, 0.15) is 78.2 Å². The maximum atomic E-state index is 14.0. The lowest BCUT2D eigenvalue weighted by atomic mass is 9.68. The monoisotopic (exact) mass is 483 g/mol. The maximum absolute atomic E-state index is 14.0. The number of aryl methyl sites for hydroxylation is 1. The molecule has 5 heteroatoms. The summed E-state index contributed by atoms with van der Waals surface area (Å²) in [7, 11) is 0. The first kappa shape index (κ1) is 24.7. The first-order valence-corrected chi connectivity index (χ1v) is 13.5. The van der Waals surface area contributed by atoms with E-state index in [9.17, 15) is 10.1 Å². The number of fused-ring (bicyclic) bond motifs is 3. The minimum Gasteiger partial charge on any atom is -0.396 e. The van der Waals surface area contributed by atoms with Crippen LogP contribution in [0.4, 0.5) is 5.69 Å². The van der Waals surface area contributed by atoms with E-state index in [1.165, 1.54) is 16.8 Å². The molecule has 188 valence electrons. The summed E-state index contributed by atoms with van der Waals surface area (Å²) in [6.45, 7) is 12.1. The third-order valence-corrected chi connectivity index (χ3v) is 8.41. The fraction of sp³-hybridized carbons (Fsp3) is 0.484. The number of Topliss-reactive ketones (excluding diaryl/α,β-unsaturated/α-hetero) is 1. The zero-order valence-corrected chi connectivity index (χ0v) is 21.9. The van der Waals surface area contributed by atoms with Crippen LogP contribution < -0.4 is 4.90 Å². The topological polar surface area (TPSA) is 67.6 Å². The van der Waals surface area contributed by atoms with E-state index in [0.717, 1.165) is 92.7 Å². The second-order valence-electron chi connectivity index (χ2n) is 11.0. The molecule has 5 rings (SSSR count). The summed E-state index contributed by atoms with van der Waals surface area (Å²) in [6, 6.07) is 12.5. The molecule has 0 unspecified atom stereocenters. The van der Waals surface area contributed by atoms with Crippen LogP contribution in [0.3, 0.4) is 0 Å². The molecule has 2 aromatic rings. The van der Waals surface area contributed by atoms with Gasteiger partial charge in [-0.25, -0.2) is 0 Å². The zero-order chi connectivity index (χ0) is 25.4. The van der Waals surface area contributed by atoms with E-state index in [0.29, 0.717) is 5.56 Å². The fourth-order valence-electron chi connectivity index (χ4n) is 6.35. The number of nitrogens with zero attached hydrogens (tertiary/aromatic N) is 3. The number of anilines is 1. The van der Waals surface area contributed by atoms with E-state index >= 15 is 0 Å². The number of rotatable bonds is 7. The summed E-state index contributed by atoms with van der Waals surface area (Å²) in [6.07, 6.45) is 4.65. The predicted octanol–water partition coefficient (Wildman–Crippen LogP) is 4.89. The molecule has 0 amide bonds. The number of piperazine rings is 1. The van der Waals surface area contributed by atoms with Gasteiger partial charge >= 0.3 is 0 Å². The van der Waals surface area contributed by atoms with E-state index in [-0.39, 0.29) is 17.8 Å². The number of hydrogen-bond donors (Lipinski definition) is 1. The second kappa shape index (κ2) is 9.84. The summed E-state index contributed by atoms with van der Waals surface area (Å²) < 4.78 is 0. The van der Waals surface area contributed by atoms with Gasteiger partial charge < -0.3 is 10.0 Å². The van der Waals surface area contributed by atoms with Crippen molar-refractivity contribution in [1.82, 2.24) is 4.90 Å². The molecule has 36 heavy (non-hydrogen) atoms. The van der Waals surface area contributed by atoms with E-state index in [2.05, 4.69) is 48.8 Å². The van der Waals surface area contributed by atoms with Crippen LogP contribution in [0.2, 0.25) is 0 Å². The summed E-state index contributed by atoms with van der Waals surface area (Å²) in [5.74, 6) is 0.139. The first-order valence-electron chi connectivity index (χ1n) is 13.5. The second-order valence-corrected chi connectivity index (χ2v) is 11.0. The smallest absolute Gasteiger partial charge is 0.193 e. The largest absolute Gasteiger partial charge is 0.396 e. The molecule has 1 heterocycles. The van der Waals surface area contributed by atoms with Gasteiger partial charge in [-0.1, -0.05) is 33.3 Å². The predicted molar refractivity (Wildman–Crippen MR) is 145 cm³/mol. The third kappa shape index (κ3) is 4.17. The Balaban J connectivity index is 1.49. The quantitative estimate of drug-likeness (QED) is 0.568. The SMILES string of the molecule is CCCc1cc2c(cc1N1CCN(CCCCO)CC1)C(C)(C)C1=C(C2=O)c2ccc(C#N)cc2C1. The Bertz CT molecular complexity index is 1260. The van der Waals surface area contributed by atoms with Gasteiger partial charge in [-0.2, -0.15) is 5.26 Å². The molecule has 0 saturated carbocycles. The van der Waals surface area contributed by atoms with E-state index in [1.807, 2.05) is 18.2 Å². The van der Waals surface area contributed by atoms with E-state index in [4.69, 9.17) is 5.11 Å². The van der Waals surface area contributed by atoms with Gasteiger partial charge in [0, 0.05) is 55.0 Å². The van der Waals surface area contributed by atoms with Crippen molar-refractivity contribution >= 4 is 17.0 Å². The Kier molecular flexibility index (Phi) is 6.76.